The van der Waals surface area contributed by atoms with Crippen molar-refractivity contribution in [3.05, 3.63) is 28.3 Å². The van der Waals surface area contributed by atoms with Gasteiger partial charge in [-0.3, -0.25) is 10.1 Å². The molecule has 94 valence electrons. The molecule has 0 aliphatic rings. The highest BCUT2D eigenvalue weighted by atomic mass is 32.2. The number of rotatable bonds is 4. The quantitative estimate of drug-likeness (QED) is 0.444. The second-order valence-corrected chi connectivity index (χ2v) is 5.13. The molecular weight excluding hydrogens is 248 g/mol. The maximum Gasteiger partial charge on any atom is 0.292 e. The number of benzene rings is 1. The number of hydrogen-bond acceptors (Lipinski definition) is 6. The summed E-state index contributed by atoms with van der Waals surface area (Å²) in [4.78, 5) is 11.9. The minimum atomic E-state index is -3.75. The van der Waals surface area contributed by atoms with Gasteiger partial charge in [0.1, 0.15) is 5.69 Å². The normalized spacial score (nSPS) is 11.7. The SMILES string of the molecule is CN(C)NS(=O)(=O)c1ccc([N+](=O)[O-])c(N)c1. The smallest absolute Gasteiger partial charge is 0.292 e. The van der Waals surface area contributed by atoms with Crippen molar-refractivity contribution in [2.75, 3.05) is 19.8 Å². The number of nitrogens with two attached hydrogens (primary N) is 1. The molecule has 0 heterocycles. The second-order valence-electron chi connectivity index (χ2n) is 3.47. The van der Waals surface area contributed by atoms with Crippen molar-refractivity contribution in [2.24, 2.45) is 0 Å². The molecule has 0 amide bonds. The van der Waals surface area contributed by atoms with Crippen molar-refractivity contribution in [1.29, 1.82) is 0 Å². The van der Waals surface area contributed by atoms with Crippen molar-refractivity contribution in [3.8, 4) is 0 Å². The molecule has 0 aliphatic heterocycles. The molecule has 0 spiro atoms. The molecular formula is C8H12N4O4S. The molecule has 0 aromatic heterocycles. The van der Waals surface area contributed by atoms with Gasteiger partial charge in [0.2, 0.25) is 0 Å². The predicted molar refractivity (Wildman–Crippen MR) is 61.5 cm³/mol. The lowest BCUT2D eigenvalue weighted by Crippen LogP contribution is -2.36. The van der Waals surface area contributed by atoms with Gasteiger partial charge in [-0.25, -0.2) is 13.4 Å². The number of nitro groups is 1. The van der Waals surface area contributed by atoms with Crippen molar-refractivity contribution in [1.82, 2.24) is 9.84 Å². The molecule has 1 aromatic rings. The molecule has 3 N–H and O–H groups in total. The lowest BCUT2D eigenvalue weighted by atomic mass is 10.3. The van der Waals surface area contributed by atoms with E-state index in [0.29, 0.717) is 0 Å². The lowest BCUT2D eigenvalue weighted by Gasteiger charge is -2.12. The Bertz CT molecular complexity index is 540. The number of sulfonamides is 1. The Labute approximate surface area is 98.2 Å². The zero-order chi connectivity index (χ0) is 13.2. The molecule has 1 rings (SSSR count). The summed E-state index contributed by atoms with van der Waals surface area (Å²) in [6, 6.07) is 3.23. The highest BCUT2D eigenvalue weighted by Gasteiger charge is 2.19. The maximum absolute atomic E-state index is 11.7. The Morgan fingerprint density at radius 2 is 2.00 bits per heavy atom. The molecule has 17 heavy (non-hydrogen) atoms. The topological polar surface area (TPSA) is 119 Å². The predicted octanol–water partition coefficient (Wildman–Crippen LogP) is -0.0681. The van der Waals surface area contributed by atoms with Gasteiger partial charge in [0.05, 0.1) is 9.82 Å². The molecule has 0 fully saturated rings. The number of hydrogen-bond donors (Lipinski definition) is 2. The third-order valence-electron chi connectivity index (χ3n) is 1.81. The summed E-state index contributed by atoms with van der Waals surface area (Å²) < 4.78 is 23.4. The first-order valence-corrected chi connectivity index (χ1v) is 5.96. The van der Waals surface area contributed by atoms with Crippen LogP contribution in [0.2, 0.25) is 0 Å². The number of nitrogens with zero attached hydrogens (tertiary/aromatic N) is 2. The van der Waals surface area contributed by atoms with E-state index >= 15 is 0 Å². The van der Waals surface area contributed by atoms with Crippen molar-refractivity contribution >= 4 is 21.4 Å². The Hall–Kier alpha value is -1.71. The van der Waals surface area contributed by atoms with E-state index in [-0.39, 0.29) is 16.3 Å². The van der Waals surface area contributed by atoms with Gasteiger partial charge < -0.3 is 5.73 Å². The summed E-state index contributed by atoms with van der Waals surface area (Å²) in [7, 11) is -0.739. The van der Waals surface area contributed by atoms with E-state index in [4.69, 9.17) is 5.73 Å². The monoisotopic (exact) mass is 260 g/mol. The van der Waals surface area contributed by atoms with Gasteiger partial charge in [0, 0.05) is 20.2 Å². The average Bonchev–Trinajstić information content (AvgIpc) is 2.14. The Kier molecular flexibility index (Phi) is 3.66. The first-order valence-electron chi connectivity index (χ1n) is 4.48. The van der Waals surface area contributed by atoms with Crippen LogP contribution in [-0.4, -0.2) is 32.4 Å². The number of nitrogens with one attached hydrogen (secondary N) is 1. The van der Waals surface area contributed by atoms with Gasteiger partial charge in [-0.15, -0.1) is 4.83 Å². The van der Waals surface area contributed by atoms with Crippen LogP contribution in [0.15, 0.2) is 23.1 Å². The first-order chi connectivity index (χ1) is 7.74. The van der Waals surface area contributed by atoms with Gasteiger partial charge in [0.25, 0.3) is 15.7 Å². The molecule has 0 radical (unpaired) electrons. The molecule has 9 heteroatoms. The van der Waals surface area contributed by atoms with Gasteiger partial charge in [0.15, 0.2) is 0 Å². The number of nitro benzene ring substituents is 1. The van der Waals surface area contributed by atoms with Crippen LogP contribution in [0.3, 0.4) is 0 Å². The molecule has 0 aliphatic carbocycles. The van der Waals surface area contributed by atoms with Crippen LogP contribution in [0, 0.1) is 10.1 Å². The first kappa shape index (κ1) is 13.4. The number of hydrazine groups is 1. The van der Waals surface area contributed by atoms with Crippen LogP contribution >= 0.6 is 0 Å². The van der Waals surface area contributed by atoms with Crippen LogP contribution in [0.1, 0.15) is 0 Å². The molecule has 0 bridgehead atoms. The Morgan fingerprint density at radius 3 is 2.41 bits per heavy atom. The molecule has 1 aromatic carbocycles. The molecule has 0 saturated carbocycles. The minimum Gasteiger partial charge on any atom is -0.393 e. The van der Waals surface area contributed by atoms with E-state index in [1.165, 1.54) is 19.1 Å². The van der Waals surface area contributed by atoms with Gasteiger partial charge in [-0.1, -0.05) is 0 Å². The van der Waals surface area contributed by atoms with Crippen LogP contribution in [-0.2, 0) is 10.0 Å². The summed E-state index contributed by atoms with van der Waals surface area (Å²) in [5.74, 6) is 0. The standard InChI is InChI=1S/C8H12N4O4S/c1-11(2)10-17(15,16)6-3-4-8(12(13)14)7(9)5-6/h3-5,10H,9H2,1-2H3. The largest absolute Gasteiger partial charge is 0.393 e. The molecule has 8 nitrogen and oxygen atoms in total. The Balaban J connectivity index is 3.18. The third kappa shape index (κ3) is 3.12. The van der Waals surface area contributed by atoms with E-state index in [1.807, 2.05) is 0 Å². The highest BCUT2D eigenvalue weighted by molar-refractivity contribution is 7.89. The van der Waals surface area contributed by atoms with E-state index in [9.17, 15) is 18.5 Å². The third-order valence-corrected chi connectivity index (χ3v) is 3.29. The van der Waals surface area contributed by atoms with Gasteiger partial charge >= 0.3 is 0 Å². The summed E-state index contributed by atoms with van der Waals surface area (Å²) in [6.07, 6.45) is 0. The summed E-state index contributed by atoms with van der Waals surface area (Å²) in [5, 5.41) is 11.8. The average molecular weight is 260 g/mol. The van der Waals surface area contributed by atoms with Crippen molar-refractivity contribution in [3.63, 3.8) is 0 Å². The minimum absolute atomic E-state index is 0.130. The molecule has 0 atom stereocenters. The molecule has 0 saturated heterocycles. The van der Waals surface area contributed by atoms with E-state index in [0.717, 1.165) is 18.2 Å². The van der Waals surface area contributed by atoms with Crippen LogP contribution in [0.5, 0.6) is 0 Å². The van der Waals surface area contributed by atoms with E-state index in [2.05, 4.69) is 4.83 Å². The van der Waals surface area contributed by atoms with Crippen LogP contribution in [0.4, 0.5) is 11.4 Å². The number of nitrogen functional groups attached to an aromatic ring is 1. The summed E-state index contributed by atoms with van der Waals surface area (Å²) in [6.45, 7) is 0. The zero-order valence-corrected chi connectivity index (χ0v) is 10.1. The van der Waals surface area contributed by atoms with Crippen LogP contribution in [0.25, 0.3) is 0 Å². The van der Waals surface area contributed by atoms with Gasteiger partial charge in [-0.05, 0) is 12.1 Å². The zero-order valence-electron chi connectivity index (χ0n) is 9.25. The van der Waals surface area contributed by atoms with Crippen LogP contribution < -0.4 is 10.6 Å². The van der Waals surface area contributed by atoms with Crippen molar-refractivity contribution in [2.45, 2.75) is 4.90 Å². The fourth-order valence-electron chi connectivity index (χ4n) is 1.16. The fourth-order valence-corrected chi connectivity index (χ4v) is 2.27. The van der Waals surface area contributed by atoms with E-state index < -0.39 is 14.9 Å². The second kappa shape index (κ2) is 4.65. The summed E-state index contributed by atoms with van der Waals surface area (Å²) >= 11 is 0. The Morgan fingerprint density at radius 1 is 1.41 bits per heavy atom. The van der Waals surface area contributed by atoms with Crippen molar-refractivity contribution < 1.29 is 13.3 Å². The molecule has 0 unspecified atom stereocenters. The highest BCUT2D eigenvalue weighted by Crippen LogP contribution is 2.24. The van der Waals surface area contributed by atoms with E-state index in [1.54, 1.807) is 0 Å². The van der Waals surface area contributed by atoms with Gasteiger partial charge in [-0.2, -0.15) is 0 Å². The lowest BCUT2D eigenvalue weighted by molar-refractivity contribution is -0.383. The maximum atomic E-state index is 11.7. The fraction of sp³-hybridized carbons (Fsp3) is 0.250. The number of anilines is 1. The summed E-state index contributed by atoms with van der Waals surface area (Å²) in [5.41, 5.74) is 4.88.